The molecule has 0 unspecified atom stereocenters. The van der Waals surface area contributed by atoms with Gasteiger partial charge < -0.3 is 4.90 Å². The van der Waals surface area contributed by atoms with Crippen molar-refractivity contribution in [3.8, 4) is 0 Å². The molecule has 0 bridgehead atoms. The van der Waals surface area contributed by atoms with Crippen LogP contribution in [0.25, 0.3) is 10.2 Å². The van der Waals surface area contributed by atoms with E-state index in [-0.39, 0.29) is 32.4 Å². The van der Waals surface area contributed by atoms with Gasteiger partial charge in [0.2, 0.25) is 0 Å². The van der Waals surface area contributed by atoms with Crippen LogP contribution in [0.1, 0.15) is 16.8 Å². The van der Waals surface area contributed by atoms with E-state index in [4.69, 9.17) is 0 Å². The fourth-order valence-corrected chi connectivity index (χ4v) is 4.91. The molecule has 0 aliphatic heterocycles. The molecule has 1 heterocycles. The Morgan fingerprint density at radius 1 is 1.13 bits per heavy atom. The van der Waals surface area contributed by atoms with Gasteiger partial charge in [0.25, 0.3) is 5.91 Å². The highest BCUT2D eigenvalue weighted by atomic mass is 32.2. The van der Waals surface area contributed by atoms with Gasteiger partial charge in [0.05, 0.1) is 15.2 Å². The average Bonchev–Trinajstić information content (AvgIpc) is 3.08. The minimum absolute atomic E-state index is 0.00996. The minimum atomic E-state index is -3.65. The Labute approximate surface area is 177 Å². The first-order valence-electron chi connectivity index (χ1n) is 9.09. The lowest BCUT2D eigenvalue weighted by Crippen LogP contribution is -2.34. The highest BCUT2D eigenvalue weighted by Crippen LogP contribution is 2.32. The van der Waals surface area contributed by atoms with Crippen molar-refractivity contribution in [2.45, 2.75) is 11.3 Å². The molecule has 0 saturated carbocycles. The maximum atomic E-state index is 14.1. The lowest BCUT2D eigenvalue weighted by molar-refractivity contribution is 0.0983. The predicted octanol–water partition coefficient (Wildman–Crippen LogP) is 3.58. The largest absolute Gasteiger partial charge is 0.309 e. The standard InChI is InChI=1S/C20H21F2N3O3S2/c1-24(2)9-6-10-25(19(26)14-7-4-5-8-17(14)30(3,27)28)20-23-18-15(22)11-13(21)12-16(18)29-20/h4-5,7-8,11-12H,6,9-10H2,1-3H3. The van der Waals surface area contributed by atoms with Crippen molar-refractivity contribution in [2.24, 2.45) is 0 Å². The monoisotopic (exact) mass is 453 g/mol. The zero-order chi connectivity index (χ0) is 22.1. The lowest BCUT2D eigenvalue weighted by Gasteiger charge is -2.22. The predicted molar refractivity (Wildman–Crippen MR) is 114 cm³/mol. The van der Waals surface area contributed by atoms with Gasteiger partial charge in [0.15, 0.2) is 20.8 Å². The SMILES string of the molecule is CN(C)CCCN(C(=O)c1ccccc1S(C)(=O)=O)c1nc2c(F)cc(F)cc2s1. The van der Waals surface area contributed by atoms with Crippen LogP contribution in [0.3, 0.4) is 0 Å². The van der Waals surface area contributed by atoms with E-state index in [1.54, 1.807) is 12.1 Å². The molecule has 0 saturated heterocycles. The van der Waals surface area contributed by atoms with Gasteiger partial charge in [-0.25, -0.2) is 22.2 Å². The number of anilines is 1. The number of carbonyl (C=O) groups is 1. The molecular weight excluding hydrogens is 432 g/mol. The molecule has 1 amide bonds. The molecule has 160 valence electrons. The maximum absolute atomic E-state index is 14.1. The molecule has 3 rings (SSSR count). The maximum Gasteiger partial charge on any atom is 0.261 e. The smallest absolute Gasteiger partial charge is 0.261 e. The van der Waals surface area contributed by atoms with E-state index in [2.05, 4.69) is 4.98 Å². The normalized spacial score (nSPS) is 11.9. The highest BCUT2D eigenvalue weighted by Gasteiger charge is 2.26. The van der Waals surface area contributed by atoms with E-state index in [9.17, 15) is 22.0 Å². The van der Waals surface area contributed by atoms with Gasteiger partial charge in [-0.3, -0.25) is 9.69 Å². The number of thiazole rings is 1. The Bertz CT molecular complexity index is 1190. The fraction of sp³-hybridized carbons (Fsp3) is 0.300. The van der Waals surface area contributed by atoms with Gasteiger partial charge in [0.1, 0.15) is 11.3 Å². The third-order valence-electron chi connectivity index (χ3n) is 4.38. The summed E-state index contributed by atoms with van der Waals surface area (Å²) in [5, 5.41) is 0.182. The molecule has 0 aliphatic carbocycles. The molecule has 0 fully saturated rings. The van der Waals surface area contributed by atoms with Crippen LogP contribution < -0.4 is 4.90 Å². The van der Waals surface area contributed by atoms with Gasteiger partial charge in [-0.1, -0.05) is 23.5 Å². The van der Waals surface area contributed by atoms with Crippen molar-refractivity contribution in [3.05, 3.63) is 53.6 Å². The number of hydrogen-bond donors (Lipinski definition) is 0. The molecule has 0 spiro atoms. The molecule has 0 aliphatic rings. The van der Waals surface area contributed by atoms with E-state index in [0.717, 1.165) is 29.7 Å². The quantitative estimate of drug-likeness (QED) is 0.547. The van der Waals surface area contributed by atoms with Crippen molar-refractivity contribution < 1.29 is 22.0 Å². The summed E-state index contributed by atoms with van der Waals surface area (Å²) in [5.41, 5.74) is -0.0195. The third-order valence-corrected chi connectivity index (χ3v) is 6.56. The number of sulfone groups is 1. The second-order valence-corrected chi connectivity index (χ2v) is 10.1. The van der Waals surface area contributed by atoms with Crippen LogP contribution in [0.2, 0.25) is 0 Å². The van der Waals surface area contributed by atoms with Gasteiger partial charge in [-0.05, 0) is 45.3 Å². The summed E-state index contributed by atoms with van der Waals surface area (Å²) in [6, 6.07) is 7.82. The second kappa shape index (κ2) is 8.75. The van der Waals surface area contributed by atoms with Crippen molar-refractivity contribution in [1.29, 1.82) is 0 Å². The number of benzene rings is 2. The molecular formula is C20H21F2N3O3S2. The number of fused-ring (bicyclic) bond motifs is 1. The van der Waals surface area contributed by atoms with Crippen LogP contribution in [0.4, 0.5) is 13.9 Å². The Morgan fingerprint density at radius 3 is 2.50 bits per heavy atom. The lowest BCUT2D eigenvalue weighted by atomic mass is 10.2. The van der Waals surface area contributed by atoms with Crippen LogP contribution in [-0.4, -0.2) is 57.6 Å². The van der Waals surface area contributed by atoms with Crippen molar-refractivity contribution in [2.75, 3.05) is 38.3 Å². The van der Waals surface area contributed by atoms with Crippen molar-refractivity contribution in [1.82, 2.24) is 9.88 Å². The summed E-state index contributed by atoms with van der Waals surface area (Å²) < 4.78 is 52.3. The molecule has 3 aromatic rings. The molecule has 6 nitrogen and oxygen atoms in total. The summed E-state index contributed by atoms with van der Waals surface area (Å²) in [7, 11) is 0.132. The summed E-state index contributed by atoms with van der Waals surface area (Å²) in [4.78, 5) is 20.8. The van der Waals surface area contributed by atoms with Gasteiger partial charge in [-0.2, -0.15) is 0 Å². The number of rotatable bonds is 7. The molecule has 2 aromatic carbocycles. The number of carbonyl (C=O) groups excluding carboxylic acids is 1. The Hall–Kier alpha value is -2.43. The third kappa shape index (κ3) is 4.82. The van der Waals surface area contributed by atoms with E-state index >= 15 is 0 Å². The first-order chi connectivity index (χ1) is 14.1. The summed E-state index contributed by atoms with van der Waals surface area (Å²) >= 11 is 0.980. The number of halogens is 2. The van der Waals surface area contributed by atoms with Gasteiger partial charge >= 0.3 is 0 Å². The van der Waals surface area contributed by atoms with Crippen molar-refractivity contribution in [3.63, 3.8) is 0 Å². The number of amides is 1. The van der Waals surface area contributed by atoms with Crippen LogP contribution >= 0.6 is 11.3 Å². The van der Waals surface area contributed by atoms with Gasteiger partial charge in [0, 0.05) is 18.9 Å². The number of nitrogens with zero attached hydrogens (tertiary/aromatic N) is 3. The minimum Gasteiger partial charge on any atom is -0.309 e. The summed E-state index contributed by atoms with van der Waals surface area (Å²) in [6.07, 6.45) is 1.61. The van der Waals surface area contributed by atoms with Gasteiger partial charge in [-0.15, -0.1) is 0 Å². The Morgan fingerprint density at radius 2 is 1.83 bits per heavy atom. The number of hydrogen-bond acceptors (Lipinski definition) is 6. The molecule has 1 aromatic heterocycles. The van der Waals surface area contributed by atoms with E-state index < -0.39 is 27.4 Å². The zero-order valence-electron chi connectivity index (χ0n) is 16.7. The fourth-order valence-electron chi connectivity index (χ4n) is 3.00. The van der Waals surface area contributed by atoms with E-state index in [1.807, 2.05) is 19.0 Å². The van der Waals surface area contributed by atoms with Crippen LogP contribution in [0.5, 0.6) is 0 Å². The first kappa shape index (κ1) is 22.3. The molecule has 0 radical (unpaired) electrons. The molecule has 0 atom stereocenters. The molecule has 30 heavy (non-hydrogen) atoms. The van der Waals surface area contributed by atoms with Crippen LogP contribution in [0.15, 0.2) is 41.3 Å². The highest BCUT2D eigenvalue weighted by molar-refractivity contribution is 7.90. The summed E-state index contributed by atoms with van der Waals surface area (Å²) in [5.74, 6) is -2.11. The van der Waals surface area contributed by atoms with Crippen LogP contribution in [-0.2, 0) is 9.84 Å². The van der Waals surface area contributed by atoms with E-state index in [0.29, 0.717) is 13.0 Å². The topological polar surface area (TPSA) is 70.6 Å². The Kier molecular flexibility index (Phi) is 6.49. The summed E-state index contributed by atoms with van der Waals surface area (Å²) in [6.45, 7) is 0.907. The van der Waals surface area contributed by atoms with E-state index in [1.165, 1.54) is 17.0 Å². The van der Waals surface area contributed by atoms with Crippen molar-refractivity contribution >= 4 is 42.4 Å². The average molecular weight is 454 g/mol. The molecule has 0 N–H and O–H groups in total. The first-order valence-corrected chi connectivity index (χ1v) is 11.8. The molecule has 10 heteroatoms. The Balaban J connectivity index is 2.08. The number of aromatic nitrogens is 1. The second-order valence-electron chi connectivity index (χ2n) is 7.11. The van der Waals surface area contributed by atoms with Crippen LogP contribution in [0, 0.1) is 11.6 Å². The zero-order valence-corrected chi connectivity index (χ0v) is 18.4.